The van der Waals surface area contributed by atoms with Crippen molar-refractivity contribution in [3.05, 3.63) is 40.8 Å². The van der Waals surface area contributed by atoms with Crippen LogP contribution < -0.4 is 5.32 Å². The van der Waals surface area contributed by atoms with Gasteiger partial charge in [-0.2, -0.15) is 0 Å². The zero-order chi connectivity index (χ0) is 14.7. The fourth-order valence-corrected chi connectivity index (χ4v) is 2.09. The maximum atomic E-state index is 10.8. The number of benzene rings is 1. The molecule has 0 aliphatic rings. The Hall–Kier alpha value is -1.82. The highest BCUT2D eigenvalue weighted by Crippen LogP contribution is 2.27. The quantitative estimate of drug-likeness (QED) is 0.880. The molecular formula is C14H15BrN2O3. The maximum absolute atomic E-state index is 10.8. The summed E-state index contributed by atoms with van der Waals surface area (Å²) < 4.78 is 6.66. The van der Waals surface area contributed by atoms with Crippen LogP contribution in [0.15, 0.2) is 39.4 Å². The van der Waals surface area contributed by atoms with E-state index in [4.69, 9.17) is 9.52 Å². The lowest BCUT2D eigenvalue weighted by molar-refractivity contribution is 0.182. The average Bonchev–Trinajstić information content (AvgIpc) is 2.85. The van der Waals surface area contributed by atoms with Gasteiger partial charge in [0.2, 0.25) is 5.89 Å². The summed E-state index contributed by atoms with van der Waals surface area (Å²) in [6.07, 6.45) is 0.518. The number of rotatable bonds is 4. The fraction of sp³-hybridized carbons (Fsp3) is 0.286. The molecule has 5 nitrogen and oxygen atoms in total. The van der Waals surface area contributed by atoms with Crippen LogP contribution in [0, 0.1) is 5.92 Å². The Morgan fingerprint density at radius 2 is 2.00 bits per heavy atom. The van der Waals surface area contributed by atoms with Gasteiger partial charge >= 0.3 is 6.09 Å². The number of halogens is 1. The summed E-state index contributed by atoms with van der Waals surface area (Å²) in [5.74, 6) is 1.04. The topological polar surface area (TPSA) is 75.4 Å². The summed E-state index contributed by atoms with van der Waals surface area (Å²) in [5.41, 5.74) is 0.893. The van der Waals surface area contributed by atoms with E-state index in [1.54, 1.807) is 6.20 Å². The standard InChI is InChI=1S/C14H15BrN2O3/c1-8(2)12(17-14(18)19)13-16-7-11(20-13)9-3-5-10(15)6-4-9/h3-8,12,17H,1-2H3,(H,18,19). The first-order valence-corrected chi connectivity index (χ1v) is 6.98. The van der Waals surface area contributed by atoms with Gasteiger partial charge in [0.05, 0.1) is 6.20 Å². The Balaban J connectivity index is 2.26. The third-order valence-electron chi connectivity index (χ3n) is 2.86. The number of hydrogen-bond acceptors (Lipinski definition) is 3. The molecule has 0 saturated heterocycles. The number of carbonyl (C=O) groups is 1. The van der Waals surface area contributed by atoms with Crippen LogP contribution in [0.2, 0.25) is 0 Å². The van der Waals surface area contributed by atoms with Crippen molar-refractivity contribution in [2.24, 2.45) is 5.92 Å². The van der Waals surface area contributed by atoms with Crippen LogP contribution in [0.5, 0.6) is 0 Å². The van der Waals surface area contributed by atoms with E-state index in [9.17, 15) is 4.79 Å². The van der Waals surface area contributed by atoms with Crippen molar-refractivity contribution in [3.63, 3.8) is 0 Å². The minimum absolute atomic E-state index is 0.0440. The SMILES string of the molecule is CC(C)C(NC(=O)O)c1ncc(-c2ccc(Br)cc2)o1. The molecule has 106 valence electrons. The van der Waals surface area contributed by atoms with Gasteiger partial charge in [0.25, 0.3) is 0 Å². The molecule has 1 unspecified atom stereocenters. The minimum Gasteiger partial charge on any atom is -0.465 e. The van der Waals surface area contributed by atoms with Gasteiger partial charge in [-0.05, 0) is 18.1 Å². The number of carboxylic acid groups (broad SMARTS) is 1. The highest BCUT2D eigenvalue weighted by Gasteiger charge is 2.23. The second-order valence-electron chi connectivity index (χ2n) is 4.74. The molecule has 0 aliphatic carbocycles. The van der Waals surface area contributed by atoms with Gasteiger partial charge in [-0.25, -0.2) is 9.78 Å². The van der Waals surface area contributed by atoms with Gasteiger partial charge < -0.3 is 14.8 Å². The molecule has 0 radical (unpaired) electrons. The Morgan fingerprint density at radius 3 is 2.55 bits per heavy atom. The molecule has 0 saturated carbocycles. The molecule has 0 fully saturated rings. The normalized spacial score (nSPS) is 12.4. The van der Waals surface area contributed by atoms with Gasteiger partial charge in [0, 0.05) is 10.0 Å². The summed E-state index contributed by atoms with van der Waals surface area (Å²) in [6, 6.07) is 7.17. The van der Waals surface area contributed by atoms with E-state index in [0.717, 1.165) is 10.0 Å². The van der Waals surface area contributed by atoms with Crippen LogP contribution in [-0.4, -0.2) is 16.2 Å². The van der Waals surface area contributed by atoms with Gasteiger partial charge in [0.15, 0.2) is 5.76 Å². The van der Waals surface area contributed by atoms with Crippen molar-refractivity contribution in [1.29, 1.82) is 0 Å². The third-order valence-corrected chi connectivity index (χ3v) is 3.39. The Bertz CT molecular complexity index is 593. The third kappa shape index (κ3) is 3.39. The van der Waals surface area contributed by atoms with Crippen molar-refractivity contribution in [2.75, 3.05) is 0 Å². The second kappa shape index (κ2) is 6.09. The van der Waals surface area contributed by atoms with E-state index in [-0.39, 0.29) is 5.92 Å². The molecule has 1 aromatic carbocycles. The second-order valence-corrected chi connectivity index (χ2v) is 5.66. The number of oxazole rings is 1. The van der Waals surface area contributed by atoms with E-state index >= 15 is 0 Å². The van der Waals surface area contributed by atoms with Crippen molar-refractivity contribution in [3.8, 4) is 11.3 Å². The minimum atomic E-state index is -1.09. The van der Waals surface area contributed by atoms with Crippen molar-refractivity contribution >= 4 is 22.0 Å². The van der Waals surface area contributed by atoms with Gasteiger partial charge in [-0.15, -0.1) is 0 Å². The largest absolute Gasteiger partial charge is 0.465 e. The predicted molar refractivity (Wildman–Crippen MR) is 78.4 cm³/mol. The number of nitrogens with one attached hydrogen (secondary N) is 1. The smallest absolute Gasteiger partial charge is 0.405 e. The highest BCUT2D eigenvalue weighted by atomic mass is 79.9. The van der Waals surface area contributed by atoms with E-state index in [0.29, 0.717) is 11.7 Å². The zero-order valence-electron chi connectivity index (χ0n) is 11.1. The molecule has 0 spiro atoms. The lowest BCUT2D eigenvalue weighted by Gasteiger charge is -2.16. The zero-order valence-corrected chi connectivity index (χ0v) is 12.7. The lowest BCUT2D eigenvalue weighted by Crippen LogP contribution is -2.30. The average molecular weight is 339 g/mol. The molecule has 1 amide bonds. The first-order valence-electron chi connectivity index (χ1n) is 6.18. The monoisotopic (exact) mass is 338 g/mol. The van der Waals surface area contributed by atoms with Gasteiger partial charge in [-0.1, -0.05) is 41.9 Å². The van der Waals surface area contributed by atoms with E-state index in [1.807, 2.05) is 38.1 Å². The summed E-state index contributed by atoms with van der Waals surface area (Å²) in [6.45, 7) is 3.81. The van der Waals surface area contributed by atoms with Crippen LogP contribution in [0.25, 0.3) is 11.3 Å². The summed E-state index contributed by atoms with van der Waals surface area (Å²) in [5, 5.41) is 11.3. The maximum Gasteiger partial charge on any atom is 0.405 e. The van der Waals surface area contributed by atoms with Crippen molar-refractivity contribution in [1.82, 2.24) is 10.3 Å². The molecule has 0 bridgehead atoms. The van der Waals surface area contributed by atoms with Crippen molar-refractivity contribution in [2.45, 2.75) is 19.9 Å². The van der Waals surface area contributed by atoms with E-state index < -0.39 is 12.1 Å². The number of amides is 1. The number of nitrogens with zero attached hydrogens (tertiary/aromatic N) is 1. The first kappa shape index (κ1) is 14.6. The van der Waals surface area contributed by atoms with Crippen LogP contribution in [-0.2, 0) is 0 Å². The van der Waals surface area contributed by atoms with Gasteiger partial charge in [-0.3, -0.25) is 0 Å². The van der Waals surface area contributed by atoms with Gasteiger partial charge in [0.1, 0.15) is 6.04 Å². The molecule has 1 heterocycles. The van der Waals surface area contributed by atoms with Crippen LogP contribution >= 0.6 is 15.9 Å². The number of hydrogen-bond donors (Lipinski definition) is 2. The van der Waals surface area contributed by atoms with Crippen LogP contribution in [0.3, 0.4) is 0 Å². The lowest BCUT2D eigenvalue weighted by atomic mass is 10.1. The molecule has 1 aromatic heterocycles. The molecule has 20 heavy (non-hydrogen) atoms. The summed E-state index contributed by atoms with van der Waals surface area (Å²) in [4.78, 5) is 15.0. The first-order chi connectivity index (χ1) is 9.47. The van der Waals surface area contributed by atoms with Crippen molar-refractivity contribution < 1.29 is 14.3 Å². The predicted octanol–water partition coefficient (Wildman–Crippen LogP) is 4.07. The molecule has 2 N–H and O–H groups in total. The molecule has 6 heteroatoms. The van der Waals surface area contributed by atoms with Crippen LogP contribution in [0.4, 0.5) is 4.79 Å². The van der Waals surface area contributed by atoms with E-state index in [2.05, 4.69) is 26.2 Å². The Labute approximate surface area is 125 Å². The fourth-order valence-electron chi connectivity index (χ4n) is 1.83. The molecule has 1 atom stereocenters. The molecule has 2 aromatic rings. The summed E-state index contributed by atoms with van der Waals surface area (Å²) in [7, 11) is 0. The molecule has 2 rings (SSSR count). The molecular weight excluding hydrogens is 324 g/mol. The Morgan fingerprint density at radius 1 is 1.35 bits per heavy atom. The molecule has 0 aliphatic heterocycles. The van der Waals surface area contributed by atoms with Crippen LogP contribution in [0.1, 0.15) is 25.8 Å². The number of aromatic nitrogens is 1. The Kier molecular flexibility index (Phi) is 4.44. The highest BCUT2D eigenvalue weighted by molar-refractivity contribution is 9.10. The summed E-state index contributed by atoms with van der Waals surface area (Å²) >= 11 is 3.37. The van der Waals surface area contributed by atoms with E-state index in [1.165, 1.54) is 0 Å².